The van der Waals surface area contributed by atoms with E-state index in [1.165, 1.54) is 5.56 Å². The van der Waals surface area contributed by atoms with Crippen LogP contribution in [-0.4, -0.2) is 20.0 Å². The molecule has 0 atom stereocenters. The maximum Gasteiger partial charge on any atom is 0.123 e. The first-order valence-electron chi connectivity index (χ1n) is 6.80. The minimum Gasteiger partial charge on any atom is -0.496 e. The summed E-state index contributed by atoms with van der Waals surface area (Å²) in [7, 11) is 3.72. The third-order valence-corrected chi connectivity index (χ3v) is 3.46. The van der Waals surface area contributed by atoms with E-state index in [9.17, 15) is 0 Å². The van der Waals surface area contributed by atoms with Gasteiger partial charge in [-0.05, 0) is 37.3 Å². The number of nitrogens with two attached hydrogens (primary N) is 1. The van der Waals surface area contributed by atoms with Crippen molar-refractivity contribution < 1.29 is 4.74 Å². The Hall–Kier alpha value is -2.49. The lowest BCUT2D eigenvalue weighted by Crippen LogP contribution is -2.17. The SMILES string of the molecule is COc1ccc(C)cc1CN(C)c1ccc(C(=N)N)cc1. The predicted octanol–water partition coefficient (Wildman–Crippen LogP) is 2.92. The molecule has 0 saturated carbocycles. The van der Waals surface area contributed by atoms with E-state index in [1.54, 1.807) is 7.11 Å². The van der Waals surface area contributed by atoms with Gasteiger partial charge in [0.25, 0.3) is 0 Å². The Kier molecular flexibility index (Phi) is 4.48. The fourth-order valence-corrected chi connectivity index (χ4v) is 2.27. The highest BCUT2D eigenvalue weighted by Crippen LogP contribution is 2.23. The number of methoxy groups -OCH3 is 1. The number of nitrogens with zero attached hydrogens (tertiary/aromatic N) is 1. The molecule has 4 heteroatoms. The van der Waals surface area contributed by atoms with Crippen molar-refractivity contribution in [1.29, 1.82) is 5.41 Å². The quantitative estimate of drug-likeness (QED) is 0.655. The summed E-state index contributed by atoms with van der Waals surface area (Å²) in [5.74, 6) is 0.984. The van der Waals surface area contributed by atoms with Gasteiger partial charge in [-0.2, -0.15) is 0 Å². The molecule has 0 bridgehead atoms. The standard InChI is InChI=1S/C17H21N3O/c1-12-4-9-16(21-3)14(10-12)11-20(2)15-7-5-13(6-8-15)17(18)19/h4-10H,11H2,1-3H3,(H3,18,19). The minimum atomic E-state index is 0.0876. The van der Waals surface area contributed by atoms with Crippen LogP contribution in [0.3, 0.4) is 0 Å². The lowest BCUT2D eigenvalue weighted by Gasteiger charge is -2.21. The summed E-state index contributed by atoms with van der Waals surface area (Å²) in [4.78, 5) is 2.14. The van der Waals surface area contributed by atoms with E-state index in [1.807, 2.05) is 43.4 Å². The lowest BCUT2D eigenvalue weighted by atomic mass is 10.1. The zero-order valence-electron chi connectivity index (χ0n) is 12.7. The highest BCUT2D eigenvalue weighted by atomic mass is 16.5. The highest BCUT2D eigenvalue weighted by Gasteiger charge is 2.08. The number of ether oxygens (including phenoxy) is 1. The molecule has 0 aliphatic rings. The van der Waals surface area contributed by atoms with Crippen LogP contribution in [0.1, 0.15) is 16.7 Å². The van der Waals surface area contributed by atoms with Gasteiger partial charge in [0, 0.05) is 30.4 Å². The van der Waals surface area contributed by atoms with Gasteiger partial charge in [-0.1, -0.05) is 17.7 Å². The van der Waals surface area contributed by atoms with Gasteiger partial charge in [-0.3, -0.25) is 5.41 Å². The van der Waals surface area contributed by atoms with Crippen molar-refractivity contribution in [2.24, 2.45) is 5.73 Å². The maximum absolute atomic E-state index is 7.42. The molecule has 0 aromatic heterocycles. The summed E-state index contributed by atoms with van der Waals surface area (Å²) in [5.41, 5.74) is 9.64. The van der Waals surface area contributed by atoms with Crippen LogP contribution in [0.5, 0.6) is 5.75 Å². The van der Waals surface area contributed by atoms with Crippen molar-refractivity contribution >= 4 is 11.5 Å². The highest BCUT2D eigenvalue weighted by molar-refractivity contribution is 5.95. The fraction of sp³-hybridized carbons (Fsp3) is 0.235. The Bertz CT molecular complexity index is 635. The molecule has 0 radical (unpaired) electrons. The van der Waals surface area contributed by atoms with Crippen molar-refractivity contribution in [3.63, 3.8) is 0 Å². The molecule has 110 valence electrons. The van der Waals surface area contributed by atoms with Crippen molar-refractivity contribution in [2.75, 3.05) is 19.1 Å². The van der Waals surface area contributed by atoms with Gasteiger partial charge < -0.3 is 15.4 Å². The zero-order chi connectivity index (χ0) is 15.4. The summed E-state index contributed by atoms with van der Waals surface area (Å²) in [6.45, 7) is 2.83. The molecule has 0 fully saturated rings. The molecule has 0 saturated heterocycles. The molecule has 0 spiro atoms. The van der Waals surface area contributed by atoms with Gasteiger partial charge in [0.05, 0.1) is 7.11 Å². The summed E-state index contributed by atoms with van der Waals surface area (Å²) in [6, 6.07) is 13.8. The Balaban J connectivity index is 2.19. The first kappa shape index (κ1) is 14.9. The van der Waals surface area contributed by atoms with Crippen molar-refractivity contribution in [2.45, 2.75) is 13.5 Å². The van der Waals surface area contributed by atoms with E-state index in [2.05, 4.69) is 17.9 Å². The van der Waals surface area contributed by atoms with Gasteiger partial charge in [0.1, 0.15) is 11.6 Å². The van der Waals surface area contributed by atoms with Crippen molar-refractivity contribution in [3.05, 3.63) is 59.2 Å². The van der Waals surface area contributed by atoms with E-state index in [4.69, 9.17) is 15.9 Å². The molecule has 4 nitrogen and oxygen atoms in total. The third kappa shape index (κ3) is 3.54. The Morgan fingerprint density at radius 2 is 1.86 bits per heavy atom. The smallest absolute Gasteiger partial charge is 0.123 e. The molecule has 0 unspecified atom stereocenters. The van der Waals surface area contributed by atoms with Gasteiger partial charge in [-0.15, -0.1) is 0 Å². The van der Waals surface area contributed by atoms with Gasteiger partial charge in [-0.25, -0.2) is 0 Å². The second-order valence-corrected chi connectivity index (χ2v) is 5.13. The first-order chi connectivity index (χ1) is 10.0. The zero-order valence-corrected chi connectivity index (χ0v) is 12.7. The molecule has 0 aliphatic carbocycles. The van der Waals surface area contributed by atoms with Gasteiger partial charge >= 0.3 is 0 Å². The molecular formula is C17H21N3O. The normalized spacial score (nSPS) is 10.2. The Morgan fingerprint density at radius 1 is 1.19 bits per heavy atom. The van der Waals surface area contributed by atoms with Crippen LogP contribution >= 0.6 is 0 Å². The van der Waals surface area contributed by atoms with Crippen molar-refractivity contribution in [3.8, 4) is 5.75 Å². The molecule has 0 aliphatic heterocycles. The predicted molar refractivity (Wildman–Crippen MR) is 87.3 cm³/mol. The molecule has 2 aromatic rings. The van der Waals surface area contributed by atoms with Gasteiger partial charge in [0.2, 0.25) is 0 Å². The maximum atomic E-state index is 7.42. The number of benzene rings is 2. The van der Waals surface area contributed by atoms with Crippen LogP contribution in [0, 0.1) is 12.3 Å². The Labute approximate surface area is 125 Å². The second-order valence-electron chi connectivity index (χ2n) is 5.13. The topological polar surface area (TPSA) is 62.3 Å². The van der Waals surface area contributed by atoms with E-state index < -0.39 is 0 Å². The van der Waals surface area contributed by atoms with Crippen molar-refractivity contribution in [1.82, 2.24) is 0 Å². The average Bonchev–Trinajstić information content (AvgIpc) is 2.47. The first-order valence-corrected chi connectivity index (χ1v) is 6.80. The third-order valence-electron chi connectivity index (χ3n) is 3.46. The molecular weight excluding hydrogens is 262 g/mol. The van der Waals surface area contributed by atoms with Crippen LogP contribution in [0.15, 0.2) is 42.5 Å². The fourth-order valence-electron chi connectivity index (χ4n) is 2.27. The molecule has 21 heavy (non-hydrogen) atoms. The van der Waals surface area contributed by atoms with E-state index >= 15 is 0 Å². The molecule has 0 heterocycles. The van der Waals surface area contributed by atoms with E-state index in [0.717, 1.165) is 29.1 Å². The minimum absolute atomic E-state index is 0.0876. The number of anilines is 1. The number of nitrogens with one attached hydrogen (secondary N) is 1. The van der Waals surface area contributed by atoms with Crippen LogP contribution in [0.25, 0.3) is 0 Å². The lowest BCUT2D eigenvalue weighted by molar-refractivity contribution is 0.409. The van der Waals surface area contributed by atoms with Gasteiger partial charge in [0.15, 0.2) is 0 Å². The number of hydrogen-bond acceptors (Lipinski definition) is 3. The van der Waals surface area contributed by atoms with E-state index in [0.29, 0.717) is 0 Å². The number of hydrogen-bond donors (Lipinski definition) is 2. The average molecular weight is 283 g/mol. The molecule has 2 rings (SSSR count). The molecule has 0 amide bonds. The molecule has 2 aromatic carbocycles. The number of aryl methyl sites for hydroxylation is 1. The number of rotatable bonds is 5. The van der Waals surface area contributed by atoms with Crippen LogP contribution in [0.4, 0.5) is 5.69 Å². The summed E-state index contributed by atoms with van der Waals surface area (Å²) >= 11 is 0. The Morgan fingerprint density at radius 3 is 2.43 bits per heavy atom. The number of amidine groups is 1. The second kappa shape index (κ2) is 6.31. The summed E-state index contributed by atoms with van der Waals surface area (Å²) < 4.78 is 5.42. The summed E-state index contributed by atoms with van der Waals surface area (Å²) in [5, 5.41) is 7.42. The molecule has 3 N–H and O–H groups in total. The van der Waals surface area contributed by atoms with Crippen LogP contribution in [-0.2, 0) is 6.54 Å². The van der Waals surface area contributed by atoms with Crippen LogP contribution in [0.2, 0.25) is 0 Å². The van der Waals surface area contributed by atoms with Crippen LogP contribution < -0.4 is 15.4 Å². The monoisotopic (exact) mass is 283 g/mol. The summed E-state index contributed by atoms with van der Waals surface area (Å²) in [6.07, 6.45) is 0. The number of nitrogen functional groups attached to an aromatic ring is 1. The largest absolute Gasteiger partial charge is 0.496 e. The van der Waals surface area contributed by atoms with E-state index in [-0.39, 0.29) is 5.84 Å².